The van der Waals surface area contributed by atoms with Gasteiger partial charge in [-0.25, -0.2) is 9.67 Å². The first-order chi connectivity index (χ1) is 11.4. The second kappa shape index (κ2) is 6.57. The van der Waals surface area contributed by atoms with Crippen LogP contribution in [0.5, 0.6) is 0 Å². The minimum atomic E-state index is -0.0830. The lowest BCUT2D eigenvalue weighted by Gasteiger charge is -2.07. The van der Waals surface area contributed by atoms with Crippen LogP contribution < -0.4 is 5.32 Å². The summed E-state index contributed by atoms with van der Waals surface area (Å²) >= 11 is 1.62. The SMILES string of the molecule is Cc1cc(C)n(-c2ccc(C(=O)NCc3sc(C)nc3C)cc2)n1. The van der Waals surface area contributed by atoms with E-state index in [2.05, 4.69) is 15.4 Å². The molecule has 1 N–H and O–H groups in total. The van der Waals surface area contributed by atoms with Crippen molar-refractivity contribution in [2.45, 2.75) is 34.2 Å². The molecule has 0 atom stereocenters. The molecule has 0 aliphatic carbocycles. The molecular weight excluding hydrogens is 320 g/mol. The third-order valence-electron chi connectivity index (χ3n) is 3.79. The topological polar surface area (TPSA) is 59.8 Å². The summed E-state index contributed by atoms with van der Waals surface area (Å²) in [6.07, 6.45) is 0. The Labute approximate surface area is 145 Å². The number of aromatic nitrogens is 3. The van der Waals surface area contributed by atoms with E-state index in [0.29, 0.717) is 12.1 Å². The van der Waals surface area contributed by atoms with Crippen molar-refractivity contribution in [1.82, 2.24) is 20.1 Å². The number of nitrogens with zero attached hydrogens (tertiary/aromatic N) is 3. The van der Waals surface area contributed by atoms with E-state index in [1.807, 2.05) is 62.7 Å². The van der Waals surface area contributed by atoms with E-state index in [1.165, 1.54) is 0 Å². The van der Waals surface area contributed by atoms with E-state index in [1.54, 1.807) is 11.3 Å². The highest BCUT2D eigenvalue weighted by Crippen LogP contribution is 2.17. The smallest absolute Gasteiger partial charge is 0.251 e. The van der Waals surface area contributed by atoms with Crippen LogP contribution in [0.2, 0.25) is 0 Å². The molecule has 5 nitrogen and oxygen atoms in total. The first-order valence-corrected chi connectivity index (χ1v) is 8.60. The van der Waals surface area contributed by atoms with Gasteiger partial charge < -0.3 is 5.32 Å². The molecule has 0 saturated carbocycles. The van der Waals surface area contributed by atoms with Crippen molar-refractivity contribution < 1.29 is 4.79 Å². The molecule has 1 aromatic carbocycles. The molecule has 124 valence electrons. The Kier molecular flexibility index (Phi) is 4.49. The number of thiazole rings is 1. The van der Waals surface area contributed by atoms with Gasteiger partial charge in [0, 0.05) is 16.1 Å². The Morgan fingerprint density at radius 2 is 1.88 bits per heavy atom. The zero-order chi connectivity index (χ0) is 17.3. The number of aryl methyl sites for hydroxylation is 4. The molecule has 0 fully saturated rings. The molecule has 0 saturated heterocycles. The van der Waals surface area contributed by atoms with Crippen molar-refractivity contribution in [3.05, 3.63) is 62.9 Å². The fourth-order valence-electron chi connectivity index (χ4n) is 2.64. The molecular formula is C18H20N4OS. The van der Waals surface area contributed by atoms with Crippen LogP contribution in [0, 0.1) is 27.7 Å². The van der Waals surface area contributed by atoms with Crippen molar-refractivity contribution >= 4 is 17.2 Å². The van der Waals surface area contributed by atoms with Crippen molar-refractivity contribution in [3.8, 4) is 5.69 Å². The normalized spacial score (nSPS) is 10.8. The molecule has 3 aromatic rings. The highest BCUT2D eigenvalue weighted by molar-refractivity contribution is 7.11. The first-order valence-electron chi connectivity index (χ1n) is 7.79. The molecule has 0 bridgehead atoms. The van der Waals surface area contributed by atoms with E-state index in [-0.39, 0.29) is 5.91 Å². The lowest BCUT2D eigenvalue weighted by Crippen LogP contribution is -2.22. The number of benzene rings is 1. The summed E-state index contributed by atoms with van der Waals surface area (Å²) in [5, 5.41) is 8.43. The summed E-state index contributed by atoms with van der Waals surface area (Å²) < 4.78 is 1.88. The van der Waals surface area contributed by atoms with Crippen LogP contribution in [0.4, 0.5) is 0 Å². The van der Waals surface area contributed by atoms with Gasteiger partial charge in [-0.15, -0.1) is 11.3 Å². The standard InChI is InChI=1S/C18H20N4OS/c1-11-9-12(2)22(21-11)16-7-5-15(6-8-16)18(23)19-10-17-13(3)20-14(4)24-17/h5-9H,10H2,1-4H3,(H,19,23). The van der Waals surface area contributed by atoms with E-state index >= 15 is 0 Å². The summed E-state index contributed by atoms with van der Waals surface area (Å²) in [6, 6.07) is 9.50. The summed E-state index contributed by atoms with van der Waals surface area (Å²) in [5.41, 5.74) is 4.62. The van der Waals surface area contributed by atoms with Crippen LogP contribution in [0.15, 0.2) is 30.3 Å². The van der Waals surface area contributed by atoms with Gasteiger partial charge in [0.15, 0.2) is 0 Å². The minimum absolute atomic E-state index is 0.0830. The molecule has 6 heteroatoms. The van der Waals surface area contributed by atoms with Gasteiger partial charge in [0.1, 0.15) is 0 Å². The second-order valence-electron chi connectivity index (χ2n) is 5.81. The Bertz CT molecular complexity index is 877. The van der Waals surface area contributed by atoms with Gasteiger partial charge in [0.2, 0.25) is 0 Å². The van der Waals surface area contributed by atoms with E-state index < -0.39 is 0 Å². The number of hydrogen-bond donors (Lipinski definition) is 1. The average molecular weight is 340 g/mol. The molecule has 0 aliphatic rings. The zero-order valence-corrected chi connectivity index (χ0v) is 15.1. The van der Waals surface area contributed by atoms with Crippen LogP contribution in [0.3, 0.4) is 0 Å². The predicted molar refractivity (Wildman–Crippen MR) is 95.8 cm³/mol. The van der Waals surface area contributed by atoms with Crippen molar-refractivity contribution in [2.24, 2.45) is 0 Å². The number of carbonyl (C=O) groups is 1. The first kappa shape index (κ1) is 16.4. The molecule has 0 aliphatic heterocycles. The van der Waals surface area contributed by atoms with Crippen LogP contribution in [0.1, 0.15) is 37.3 Å². The molecule has 3 rings (SSSR count). The van der Waals surface area contributed by atoms with Gasteiger partial charge in [0.05, 0.1) is 28.6 Å². The van der Waals surface area contributed by atoms with Crippen LogP contribution in [0.25, 0.3) is 5.69 Å². The van der Waals surface area contributed by atoms with Crippen molar-refractivity contribution in [3.63, 3.8) is 0 Å². The molecule has 0 radical (unpaired) electrons. The Hall–Kier alpha value is -2.47. The third kappa shape index (κ3) is 3.38. The molecule has 0 spiro atoms. The summed E-state index contributed by atoms with van der Waals surface area (Å²) in [5.74, 6) is -0.0830. The summed E-state index contributed by atoms with van der Waals surface area (Å²) in [4.78, 5) is 17.8. The molecule has 1 amide bonds. The Morgan fingerprint density at radius 1 is 1.17 bits per heavy atom. The van der Waals surface area contributed by atoms with Gasteiger partial charge >= 0.3 is 0 Å². The number of carbonyl (C=O) groups excluding carboxylic acids is 1. The van der Waals surface area contributed by atoms with Crippen LogP contribution in [-0.2, 0) is 6.54 Å². The predicted octanol–water partition coefficient (Wildman–Crippen LogP) is 3.49. The second-order valence-corrected chi connectivity index (χ2v) is 7.10. The Morgan fingerprint density at radius 3 is 2.42 bits per heavy atom. The zero-order valence-electron chi connectivity index (χ0n) is 14.3. The molecule has 0 unspecified atom stereocenters. The monoisotopic (exact) mass is 340 g/mol. The highest BCUT2D eigenvalue weighted by atomic mass is 32.1. The van der Waals surface area contributed by atoms with Gasteiger partial charge in [-0.05, 0) is 58.0 Å². The fourth-order valence-corrected chi connectivity index (χ4v) is 3.52. The van der Waals surface area contributed by atoms with Crippen molar-refractivity contribution in [2.75, 3.05) is 0 Å². The van der Waals surface area contributed by atoms with Crippen molar-refractivity contribution in [1.29, 1.82) is 0 Å². The maximum absolute atomic E-state index is 12.3. The lowest BCUT2D eigenvalue weighted by atomic mass is 10.2. The molecule has 2 aromatic heterocycles. The summed E-state index contributed by atoms with van der Waals surface area (Å²) in [6.45, 7) is 8.43. The minimum Gasteiger partial charge on any atom is -0.347 e. The van der Waals surface area contributed by atoms with Gasteiger partial charge in [-0.2, -0.15) is 5.10 Å². The number of rotatable bonds is 4. The van der Waals surface area contributed by atoms with Gasteiger partial charge in [-0.1, -0.05) is 0 Å². The average Bonchev–Trinajstić information content (AvgIpc) is 3.05. The van der Waals surface area contributed by atoms with Gasteiger partial charge in [-0.3, -0.25) is 4.79 Å². The maximum atomic E-state index is 12.3. The maximum Gasteiger partial charge on any atom is 0.251 e. The molecule has 2 heterocycles. The van der Waals surface area contributed by atoms with Crippen LogP contribution in [-0.4, -0.2) is 20.7 Å². The van der Waals surface area contributed by atoms with Gasteiger partial charge in [0.25, 0.3) is 5.91 Å². The largest absolute Gasteiger partial charge is 0.347 e. The third-order valence-corrected chi connectivity index (χ3v) is 4.87. The van der Waals surface area contributed by atoms with E-state index in [0.717, 1.165) is 32.7 Å². The quantitative estimate of drug-likeness (QED) is 0.791. The lowest BCUT2D eigenvalue weighted by molar-refractivity contribution is 0.0951. The Balaban J connectivity index is 1.70. The van der Waals surface area contributed by atoms with Crippen LogP contribution >= 0.6 is 11.3 Å². The number of nitrogens with one attached hydrogen (secondary N) is 1. The summed E-state index contributed by atoms with van der Waals surface area (Å²) in [7, 11) is 0. The van der Waals surface area contributed by atoms with E-state index in [4.69, 9.17) is 0 Å². The number of hydrogen-bond acceptors (Lipinski definition) is 4. The molecule has 24 heavy (non-hydrogen) atoms. The fraction of sp³-hybridized carbons (Fsp3) is 0.278. The highest BCUT2D eigenvalue weighted by Gasteiger charge is 2.10. The number of amides is 1. The van der Waals surface area contributed by atoms with E-state index in [9.17, 15) is 4.79 Å².